The number of benzene rings is 2. The number of piperazine rings is 1. The van der Waals surface area contributed by atoms with Gasteiger partial charge in [-0.25, -0.2) is 0 Å². The maximum Gasteiger partial charge on any atom is 0.416 e. The third kappa shape index (κ3) is 6.63. The molecule has 1 N–H and O–H groups in total. The molecule has 1 heterocycles. The lowest BCUT2D eigenvalue weighted by Gasteiger charge is -2.34. The van der Waals surface area contributed by atoms with Gasteiger partial charge in [-0.3, -0.25) is 14.5 Å². The normalized spacial score (nSPS) is 14.6. The first-order chi connectivity index (χ1) is 16.2. The molecule has 0 bridgehead atoms. The van der Waals surface area contributed by atoms with Crippen LogP contribution in [0.25, 0.3) is 0 Å². The number of ether oxygens (including phenoxy) is 2. The predicted molar refractivity (Wildman–Crippen MR) is 121 cm³/mol. The van der Waals surface area contributed by atoms with Crippen molar-refractivity contribution in [2.24, 2.45) is 0 Å². The zero-order valence-corrected chi connectivity index (χ0v) is 19.2. The van der Waals surface area contributed by atoms with Crippen LogP contribution in [0.5, 0.6) is 11.5 Å². The minimum absolute atomic E-state index is 0.132. The monoisotopic (exact) mass is 479 g/mol. The molecule has 2 aromatic carbocycles. The standard InChI is InChI=1S/C24H28F3N3O4/c1-3-33-19-9-10-21(34-4-2)20(15-19)28-22(31)16-29-11-13-30(14-12-29)23(32)17-5-7-18(8-6-17)24(25,26)27/h5-10,15H,3-4,11-14,16H2,1-2H3,(H,28,31). The average molecular weight is 479 g/mol. The number of carbonyl (C=O) groups is 2. The van der Waals surface area contributed by atoms with Gasteiger partial charge in [0.2, 0.25) is 5.91 Å². The maximum atomic E-state index is 12.7. The molecule has 0 unspecified atom stereocenters. The van der Waals surface area contributed by atoms with Crippen molar-refractivity contribution in [1.29, 1.82) is 0 Å². The number of alkyl halides is 3. The van der Waals surface area contributed by atoms with Gasteiger partial charge >= 0.3 is 6.18 Å². The summed E-state index contributed by atoms with van der Waals surface area (Å²) in [5, 5.41) is 2.86. The fraction of sp³-hybridized carbons (Fsp3) is 0.417. The number of nitrogens with one attached hydrogen (secondary N) is 1. The van der Waals surface area contributed by atoms with Crippen molar-refractivity contribution in [2.45, 2.75) is 20.0 Å². The first kappa shape index (κ1) is 25.4. The van der Waals surface area contributed by atoms with Crippen LogP contribution in [0.2, 0.25) is 0 Å². The number of hydrogen-bond donors (Lipinski definition) is 1. The molecule has 0 radical (unpaired) electrons. The van der Waals surface area contributed by atoms with Crippen LogP contribution in [0.3, 0.4) is 0 Å². The molecule has 2 aromatic rings. The second-order valence-corrected chi connectivity index (χ2v) is 7.72. The van der Waals surface area contributed by atoms with Gasteiger partial charge in [0.05, 0.1) is 31.0 Å². The van der Waals surface area contributed by atoms with Gasteiger partial charge in [-0.15, -0.1) is 0 Å². The molecule has 1 fully saturated rings. The van der Waals surface area contributed by atoms with Crippen LogP contribution >= 0.6 is 0 Å². The summed E-state index contributed by atoms with van der Waals surface area (Å²) in [5.41, 5.74) is -0.0649. The van der Waals surface area contributed by atoms with Crippen LogP contribution in [-0.2, 0) is 11.0 Å². The number of rotatable bonds is 8. The second kappa shape index (κ2) is 11.2. The highest BCUT2D eigenvalue weighted by Gasteiger charge is 2.31. The minimum Gasteiger partial charge on any atom is -0.494 e. The molecule has 7 nitrogen and oxygen atoms in total. The summed E-state index contributed by atoms with van der Waals surface area (Å²) in [6, 6.07) is 9.43. The van der Waals surface area contributed by atoms with Crippen LogP contribution in [0.1, 0.15) is 29.8 Å². The summed E-state index contributed by atoms with van der Waals surface area (Å²) < 4.78 is 49.3. The van der Waals surface area contributed by atoms with E-state index >= 15 is 0 Å². The Kier molecular flexibility index (Phi) is 8.38. The highest BCUT2D eigenvalue weighted by molar-refractivity contribution is 5.95. The molecule has 0 aromatic heterocycles. The van der Waals surface area contributed by atoms with E-state index in [4.69, 9.17) is 9.47 Å². The Morgan fingerprint density at radius 3 is 2.18 bits per heavy atom. The van der Waals surface area contributed by atoms with Crippen LogP contribution in [0, 0.1) is 0 Å². The molecule has 0 spiro atoms. The Labute approximate surface area is 196 Å². The lowest BCUT2D eigenvalue weighted by Crippen LogP contribution is -2.50. The van der Waals surface area contributed by atoms with E-state index in [2.05, 4.69) is 5.32 Å². The van der Waals surface area contributed by atoms with E-state index in [0.29, 0.717) is 56.6 Å². The van der Waals surface area contributed by atoms with Crippen molar-refractivity contribution < 1.29 is 32.2 Å². The van der Waals surface area contributed by atoms with Gasteiger partial charge in [0.1, 0.15) is 11.5 Å². The largest absolute Gasteiger partial charge is 0.494 e. The molecule has 1 aliphatic heterocycles. The zero-order chi connectivity index (χ0) is 24.7. The summed E-state index contributed by atoms with van der Waals surface area (Å²) in [6.07, 6.45) is -4.44. The number of amides is 2. The predicted octanol–water partition coefficient (Wildman–Crippen LogP) is 3.90. The van der Waals surface area contributed by atoms with Crippen molar-refractivity contribution in [2.75, 3.05) is 51.3 Å². The van der Waals surface area contributed by atoms with E-state index in [1.165, 1.54) is 12.1 Å². The Morgan fingerprint density at radius 2 is 1.59 bits per heavy atom. The van der Waals surface area contributed by atoms with Crippen molar-refractivity contribution in [3.8, 4) is 11.5 Å². The van der Waals surface area contributed by atoms with Crippen LogP contribution in [0.4, 0.5) is 18.9 Å². The lowest BCUT2D eigenvalue weighted by atomic mass is 10.1. The first-order valence-corrected chi connectivity index (χ1v) is 11.1. The van der Waals surface area contributed by atoms with E-state index in [1.54, 1.807) is 23.1 Å². The maximum absolute atomic E-state index is 12.7. The lowest BCUT2D eigenvalue weighted by molar-refractivity contribution is -0.137. The van der Waals surface area contributed by atoms with Gasteiger partial charge in [0.25, 0.3) is 5.91 Å². The number of halogens is 3. The van der Waals surface area contributed by atoms with Gasteiger partial charge in [-0.05, 0) is 50.2 Å². The van der Waals surface area contributed by atoms with Gasteiger partial charge in [0, 0.05) is 37.8 Å². The number of nitrogens with zero attached hydrogens (tertiary/aromatic N) is 2. The third-order valence-electron chi connectivity index (χ3n) is 5.32. The van der Waals surface area contributed by atoms with Gasteiger partial charge in [0.15, 0.2) is 0 Å². The topological polar surface area (TPSA) is 71.1 Å². The van der Waals surface area contributed by atoms with Crippen molar-refractivity contribution >= 4 is 17.5 Å². The number of hydrogen-bond acceptors (Lipinski definition) is 5. The molecule has 0 aliphatic carbocycles. The minimum atomic E-state index is -4.44. The van der Waals surface area contributed by atoms with Crippen molar-refractivity contribution in [1.82, 2.24) is 9.80 Å². The Morgan fingerprint density at radius 1 is 0.941 bits per heavy atom. The smallest absolute Gasteiger partial charge is 0.416 e. The Balaban J connectivity index is 1.53. The molecular weight excluding hydrogens is 451 g/mol. The molecule has 34 heavy (non-hydrogen) atoms. The summed E-state index contributed by atoms with van der Waals surface area (Å²) in [5.74, 6) is 0.618. The van der Waals surface area contributed by atoms with Gasteiger partial charge in [-0.2, -0.15) is 13.2 Å². The Hall–Kier alpha value is -3.27. The Bertz CT molecular complexity index is 988. The van der Waals surface area contributed by atoms with E-state index in [1.807, 2.05) is 18.7 Å². The SMILES string of the molecule is CCOc1ccc(OCC)c(NC(=O)CN2CCN(C(=O)c3ccc(C(F)(F)F)cc3)CC2)c1. The first-order valence-electron chi connectivity index (χ1n) is 11.1. The molecule has 2 amide bonds. The highest BCUT2D eigenvalue weighted by Crippen LogP contribution is 2.30. The molecule has 10 heteroatoms. The average Bonchev–Trinajstić information content (AvgIpc) is 2.80. The van der Waals surface area contributed by atoms with Crippen molar-refractivity contribution in [3.63, 3.8) is 0 Å². The summed E-state index contributed by atoms with van der Waals surface area (Å²) in [6.45, 7) is 6.49. The zero-order valence-electron chi connectivity index (χ0n) is 19.2. The molecule has 0 saturated carbocycles. The molecule has 184 valence electrons. The van der Waals surface area contributed by atoms with Gasteiger partial charge < -0.3 is 19.7 Å². The highest BCUT2D eigenvalue weighted by atomic mass is 19.4. The van der Waals surface area contributed by atoms with Crippen molar-refractivity contribution in [3.05, 3.63) is 53.6 Å². The fourth-order valence-corrected chi connectivity index (χ4v) is 3.63. The van der Waals surface area contributed by atoms with Gasteiger partial charge in [-0.1, -0.05) is 0 Å². The fourth-order valence-electron chi connectivity index (χ4n) is 3.63. The van der Waals surface area contributed by atoms with E-state index < -0.39 is 11.7 Å². The van der Waals surface area contributed by atoms with Crippen LogP contribution in [-0.4, -0.2) is 67.6 Å². The summed E-state index contributed by atoms with van der Waals surface area (Å²) in [4.78, 5) is 28.8. The quantitative estimate of drug-likeness (QED) is 0.622. The van der Waals surface area contributed by atoms with Crippen LogP contribution in [0.15, 0.2) is 42.5 Å². The second-order valence-electron chi connectivity index (χ2n) is 7.72. The van der Waals surface area contributed by atoms with Crippen LogP contribution < -0.4 is 14.8 Å². The van der Waals surface area contributed by atoms with E-state index in [9.17, 15) is 22.8 Å². The third-order valence-corrected chi connectivity index (χ3v) is 5.32. The molecular formula is C24H28F3N3O4. The summed E-state index contributed by atoms with van der Waals surface area (Å²) in [7, 11) is 0. The van der Waals surface area contributed by atoms with E-state index in [0.717, 1.165) is 12.1 Å². The number of carbonyl (C=O) groups excluding carboxylic acids is 2. The summed E-state index contributed by atoms with van der Waals surface area (Å²) >= 11 is 0. The number of anilines is 1. The molecule has 1 aliphatic rings. The molecule has 1 saturated heterocycles. The molecule has 3 rings (SSSR count). The molecule has 0 atom stereocenters. The van der Waals surface area contributed by atoms with E-state index in [-0.39, 0.29) is 23.9 Å².